The van der Waals surface area contributed by atoms with Crippen LogP contribution in [0.4, 0.5) is 0 Å². The van der Waals surface area contributed by atoms with Gasteiger partial charge in [-0.25, -0.2) is 9.98 Å². The van der Waals surface area contributed by atoms with Gasteiger partial charge in [-0.15, -0.1) is 11.3 Å². The number of aryl methyl sites for hydroxylation is 2. The molecular formula is C17H23ClN4S. The lowest BCUT2D eigenvalue weighted by Gasteiger charge is -2.19. The highest BCUT2D eigenvalue weighted by Crippen LogP contribution is 2.22. The molecule has 1 atom stereocenters. The van der Waals surface area contributed by atoms with Crippen LogP contribution in [0.3, 0.4) is 0 Å². The van der Waals surface area contributed by atoms with Crippen LogP contribution in [0.5, 0.6) is 0 Å². The van der Waals surface area contributed by atoms with Gasteiger partial charge in [-0.1, -0.05) is 29.8 Å². The number of hydrogen-bond donors (Lipinski definition) is 2. The van der Waals surface area contributed by atoms with Gasteiger partial charge in [0.2, 0.25) is 0 Å². The normalized spacial score (nSPS) is 13.0. The lowest BCUT2D eigenvalue weighted by atomic mass is 10.1. The Labute approximate surface area is 147 Å². The molecule has 0 radical (unpaired) electrons. The second-order valence-corrected chi connectivity index (χ2v) is 7.02. The molecule has 2 rings (SSSR count). The predicted octanol–water partition coefficient (Wildman–Crippen LogP) is 4.23. The molecule has 2 aromatic rings. The van der Waals surface area contributed by atoms with Gasteiger partial charge < -0.3 is 10.6 Å². The summed E-state index contributed by atoms with van der Waals surface area (Å²) in [5, 5.41) is 8.53. The average Bonchev–Trinajstić information content (AvgIpc) is 2.83. The largest absolute Gasteiger partial charge is 0.357 e. The van der Waals surface area contributed by atoms with Gasteiger partial charge in [-0.2, -0.15) is 0 Å². The Balaban J connectivity index is 2.10. The van der Waals surface area contributed by atoms with Crippen molar-refractivity contribution in [1.29, 1.82) is 0 Å². The molecule has 0 bridgehead atoms. The minimum atomic E-state index is 0.0748. The maximum Gasteiger partial charge on any atom is 0.192 e. The van der Waals surface area contributed by atoms with Gasteiger partial charge in [-0.3, -0.25) is 0 Å². The molecule has 0 fully saturated rings. The van der Waals surface area contributed by atoms with Crippen LogP contribution in [-0.2, 0) is 6.54 Å². The van der Waals surface area contributed by atoms with E-state index in [1.165, 1.54) is 4.88 Å². The SMILES string of the molecule is CCNC(=NCc1sc(C)nc1C)NC(C)c1ccccc1Cl. The molecule has 0 amide bonds. The second-order valence-electron chi connectivity index (χ2n) is 5.32. The first kappa shape index (κ1) is 17.8. The molecule has 0 aliphatic rings. The summed E-state index contributed by atoms with van der Waals surface area (Å²) < 4.78 is 0. The Kier molecular flexibility index (Phi) is 6.42. The third-order valence-corrected chi connectivity index (χ3v) is 4.85. The van der Waals surface area contributed by atoms with Gasteiger partial charge in [0.1, 0.15) is 0 Å². The van der Waals surface area contributed by atoms with E-state index in [1.54, 1.807) is 11.3 Å². The number of rotatable bonds is 5. The number of nitrogens with one attached hydrogen (secondary N) is 2. The number of aliphatic imine (C=N–C) groups is 1. The van der Waals surface area contributed by atoms with Crippen LogP contribution < -0.4 is 10.6 Å². The number of thiazole rings is 1. The van der Waals surface area contributed by atoms with Crippen LogP contribution in [0, 0.1) is 13.8 Å². The zero-order chi connectivity index (χ0) is 16.8. The minimum Gasteiger partial charge on any atom is -0.357 e. The Morgan fingerprint density at radius 2 is 2.09 bits per heavy atom. The monoisotopic (exact) mass is 350 g/mol. The lowest BCUT2D eigenvalue weighted by molar-refractivity contribution is 0.687. The summed E-state index contributed by atoms with van der Waals surface area (Å²) >= 11 is 7.97. The molecule has 0 spiro atoms. The van der Waals surface area contributed by atoms with Crippen molar-refractivity contribution < 1.29 is 0 Å². The summed E-state index contributed by atoms with van der Waals surface area (Å²) in [6, 6.07) is 7.94. The summed E-state index contributed by atoms with van der Waals surface area (Å²) in [5.74, 6) is 0.783. The van der Waals surface area contributed by atoms with E-state index in [-0.39, 0.29) is 6.04 Å². The molecule has 1 aromatic carbocycles. The number of aromatic nitrogens is 1. The molecule has 124 valence electrons. The molecule has 1 heterocycles. The van der Waals surface area contributed by atoms with Crippen molar-refractivity contribution in [2.45, 2.75) is 40.3 Å². The van der Waals surface area contributed by atoms with Crippen molar-refractivity contribution in [2.75, 3.05) is 6.54 Å². The predicted molar refractivity (Wildman–Crippen MR) is 99.4 cm³/mol. The number of benzene rings is 1. The Morgan fingerprint density at radius 3 is 2.70 bits per heavy atom. The molecule has 0 saturated heterocycles. The fourth-order valence-electron chi connectivity index (χ4n) is 2.30. The highest BCUT2D eigenvalue weighted by atomic mass is 35.5. The average molecular weight is 351 g/mol. The van der Waals surface area contributed by atoms with Crippen molar-refractivity contribution in [2.24, 2.45) is 4.99 Å². The van der Waals surface area contributed by atoms with E-state index in [0.29, 0.717) is 6.54 Å². The van der Waals surface area contributed by atoms with Crippen LogP contribution in [0.1, 0.15) is 41.0 Å². The number of halogens is 1. The summed E-state index contributed by atoms with van der Waals surface area (Å²) in [4.78, 5) is 10.3. The van der Waals surface area contributed by atoms with Gasteiger partial charge in [0.25, 0.3) is 0 Å². The molecule has 4 nitrogen and oxygen atoms in total. The van der Waals surface area contributed by atoms with Gasteiger partial charge >= 0.3 is 0 Å². The topological polar surface area (TPSA) is 49.3 Å². The lowest BCUT2D eigenvalue weighted by Crippen LogP contribution is -2.38. The molecular weight excluding hydrogens is 328 g/mol. The Bertz CT molecular complexity index is 681. The highest BCUT2D eigenvalue weighted by Gasteiger charge is 2.11. The van der Waals surface area contributed by atoms with E-state index in [9.17, 15) is 0 Å². The maximum atomic E-state index is 6.27. The first-order chi connectivity index (χ1) is 11.0. The standard InChI is InChI=1S/C17H23ClN4S/c1-5-19-17(20-10-16-12(3)21-13(4)23-16)22-11(2)14-8-6-7-9-15(14)18/h6-9,11H,5,10H2,1-4H3,(H2,19,20,22). The number of hydrogen-bond acceptors (Lipinski definition) is 3. The van der Waals surface area contributed by atoms with E-state index in [1.807, 2.05) is 38.1 Å². The van der Waals surface area contributed by atoms with E-state index in [2.05, 4.69) is 34.5 Å². The summed E-state index contributed by atoms with van der Waals surface area (Å²) in [6.45, 7) is 9.62. The first-order valence-corrected chi connectivity index (χ1v) is 8.93. The number of guanidine groups is 1. The molecule has 0 aliphatic heterocycles. The van der Waals surface area contributed by atoms with Crippen molar-refractivity contribution in [3.8, 4) is 0 Å². The van der Waals surface area contributed by atoms with Crippen LogP contribution >= 0.6 is 22.9 Å². The van der Waals surface area contributed by atoms with Gasteiger partial charge in [-0.05, 0) is 39.3 Å². The Morgan fingerprint density at radius 1 is 1.35 bits per heavy atom. The zero-order valence-electron chi connectivity index (χ0n) is 14.0. The van der Waals surface area contributed by atoms with Crippen molar-refractivity contribution in [3.05, 3.63) is 50.4 Å². The third kappa shape index (κ3) is 4.94. The quantitative estimate of drug-likeness (QED) is 0.626. The molecule has 0 aliphatic carbocycles. The first-order valence-electron chi connectivity index (χ1n) is 7.73. The fraction of sp³-hybridized carbons (Fsp3) is 0.412. The molecule has 1 aromatic heterocycles. The van der Waals surface area contributed by atoms with Gasteiger partial charge in [0.05, 0.1) is 23.3 Å². The van der Waals surface area contributed by atoms with E-state index in [0.717, 1.165) is 33.8 Å². The van der Waals surface area contributed by atoms with Crippen LogP contribution in [0.25, 0.3) is 0 Å². The summed E-state index contributed by atoms with van der Waals surface area (Å²) in [7, 11) is 0. The van der Waals surface area contributed by atoms with E-state index < -0.39 is 0 Å². The van der Waals surface area contributed by atoms with Crippen molar-refractivity contribution in [1.82, 2.24) is 15.6 Å². The third-order valence-electron chi connectivity index (χ3n) is 3.45. The number of nitrogens with zero attached hydrogens (tertiary/aromatic N) is 2. The maximum absolute atomic E-state index is 6.27. The molecule has 23 heavy (non-hydrogen) atoms. The van der Waals surface area contributed by atoms with Crippen molar-refractivity contribution >= 4 is 28.9 Å². The minimum absolute atomic E-state index is 0.0748. The van der Waals surface area contributed by atoms with E-state index >= 15 is 0 Å². The van der Waals surface area contributed by atoms with Crippen LogP contribution in [-0.4, -0.2) is 17.5 Å². The molecule has 1 unspecified atom stereocenters. The van der Waals surface area contributed by atoms with Gasteiger partial charge in [0.15, 0.2) is 5.96 Å². The Hall–Kier alpha value is -1.59. The smallest absolute Gasteiger partial charge is 0.192 e. The van der Waals surface area contributed by atoms with E-state index in [4.69, 9.17) is 11.6 Å². The highest BCUT2D eigenvalue weighted by molar-refractivity contribution is 7.11. The second kappa shape index (κ2) is 8.31. The van der Waals surface area contributed by atoms with Crippen LogP contribution in [0.2, 0.25) is 5.02 Å². The van der Waals surface area contributed by atoms with Crippen molar-refractivity contribution in [3.63, 3.8) is 0 Å². The van der Waals surface area contributed by atoms with Crippen LogP contribution in [0.15, 0.2) is 29.3 Å². The molecule has 6 heteroatoms. The summed E-state index contributed by atoms with van der Waals surface area (Å²) in [5.41, 5.74) is 2.12. The summed E-state index contributed by atoms with van der Waals surface area (Å²) in [6.07, 6.45) is 0. The molecule has 2 N–H and O–H groups in total. The zero-order valence-corrected chi connectivity index (χ0v) is 15.6. The van der Waals surface area contributed by atoms with Gasteiger partial charge in [0, 0.05) is 16.4 Å². The molecule has 0 saturated carbocycles. The fourth-order valence-corrected chi connectivity index (χ4v) is 3.46.